The van der Waals surface area contributed by atoms with Crippen LogP contribution < -0.4 is 5.73 Å². The zero-order valence-corrected chi connectivity index (χ0v) is 17.1. The molecule has 1 aliphatic heterocycles. The van der Waals surface area contributed by atoms with Crippen molar-refractivity contribution in [1.82, 2.24) is 9.80 Å². The topological polar surface area (TPSA) is 92.9 Å². The smallest absolute Gasteiger partial charge is 0.328 e. The average Bonchev–Trinajstić information content (AvgIpc) is 3.31. The molecule has 1 aromatic rings. The number of amides is 2. The number of hydrogen-bond donors (Lipinski definition) is 1. The fraction of sp³-hybridized carbons (Fsp3) is 0.550. The number of benzene rings is 1. The third kappa shape index (κ3) is 4.47. The molecule has 3 rings (SSSR count). The van der Waals surface area contributed by atoms with Crippen LogP contribution in [0, 0.1) is 0 Å². The molecule has 1 fully saturated rings. The van der Waals surface area contributed by atoms with Crippen LogP contribution in [0.25, 0.3) is 0 Å². The van der Waals surface area contributed by atoms with Crippen LogP contribution in [0.1, 0.15) is 30.9 Å². The van der Waals surface area contributed by atoms with Crippen LogP contribution in [0.4, 0.5) is 0 Å². The molecule has 1 heterocycles. The molecule has 2 N–H and O–H groups in total. The number of rotatable bonds is 5. The highest BCUT2D eigenvalue weighted by Crippen LogP contribution is 2.26. The Morgan fingerprint density at radius 2 is 1.86 bits per heavy atom. The Morgan fingerprint density at radius 3 is 2.39 bits per heavy atom. The third-order valence-corrected chi connectivity index (χ3v) is 5.49. The van der Waals surface area contributed by atoms with Crippen LogP contribution in [-0.2, 0) is 32.0 Å². The molecule has 7 nitrogen and oxygen atoms in total. The minimum absolute atomic E-state index is 0. The van der Waals surface area contributed by atoms with Crippen molar-refractivity contribution < 1.29 is 19.1 Å². The van der Waals surface area contributed by atoms with Crippen LogP contribution >= 0.6 is 12.4 Å². The minimum Gasteiger partial charge on any atom is -0.467 e. The van der Waals surface area contributed by atoms with Gasteiger partial charge >= 0.3 is 5.97 Å². The van der Waals surface area contributed by atoms with Gasteiger partial charge in [-0.05, 0) is 43.7 Å². The summed E-state index contributed by atoms with van der Waals surface area (Å²) in [6, 6.07) is 6.74. The summed E-state index contributed by atoms with van der Waals surface area (Å²) in [4.78, 5) is 40.7. The highest BCUT2D eigenvalue weighted by atomic mass is 35.5. The SMILES string of the molecule is COC(=O)[C@@H]1CCCN1C(=O)CN(C(=O)[C@H](C)N)C1Cc2ccccc2C1.Cl. The molecule has 0 unspecified atom stereocenters. The molecule has 1 aliphatic carbocycles. The second-order valence-corrected chi connectivity index (χ2v) is 7.35. The first-order valence-corrected chi connectivity index (χ1v) is 9.42. The number of fused-ring (bicyclic) bond motifs is 1. The number of hydrogen-bond acceptors (Lipinski definition) is 5. The quantitative estimate of drug-likeness (QED) is 0.730. The highest BCUT2D eigenvalue weighted by Gasteiger charge is 2.38. The lowest BCUT2D eigenvalue weighted by Crippen LogP contribution is -2.53. The average molecular weight is 410 g/mol. The third-order valence-electron chi connectivity index (χ3n) is 5.49. The lowest BCUT2D eigenvalue weighted by molar-refractivity contribution is -0.152. The molecule has 0 radical (unpaired) electrons. The molecule has 0 aromatic heterocycles. The van der Waals surface area contributed by atoms with Crippen molar-refractivity contribution in [1.29, 1.82) is 0 Å². The van der Waals surface area contributed by atoms with Crippen LogP contribution in [0.5, 0.6) is 0 Å². The summed E-state index contributed by atoms with van der Waals surface area (Å²) < 4.78 is 4.81. The molecule has 0 spiro atoms. The van der Waals surface area contributed by atoms with Crippen LogP contribution in [0.3, 0.4) is 0 Å². The second kappa shape index (κ2) is 9.39. The Labute approximate surface area is 171 Å². The van der Waals surface area contributed by atoms with Gasteiger partial charge in [-0.2, -0.15) is 0 Å². The van der Waals surface area contributed by atoms with Gasteiger partial charge in [-0.1, -0.05) is 24.3 Å². The first kappa shape index (κ1) is 22.2. The Hall–Kier alpha value is -2.12. The molecule has 28 heavy (non-hydrogen) atoms. The van der Waals surface area contributed by atoms with Gasteiger partial charge in [-0.25, -0.2) is 4.79 Å². The summed E-state index contributed by atoms with van der Waals surface area (Å²) in [6.07, 6.45) is 2.76. The normalized spacial score (nSPS) is 19.5. The molecule has 2 atom stereocenters. The molecular formula is C20H28ClN3O4. The standard InChI is InChI=1S/C20H27N3O4.ClH/c1-13(21)19(25)23(16-10-14-6-3-4-7-15(14)11-16)12-18(24)22-9-5-8-17(22)20(26)27-2;/h3-4,6-7,13,16-17H,5,8-12,21H2,1-2H3;1H/t13-,17-;/m0./s1. The van der Waals surface area contributed by atoms with E-state index in [1.165, 1.54) is 23.1 Å². The summed E-state index contributed by atoms with van der Waals surface area (Å²) in [6.45, 7) is 2.07. The summed E-state index contributed by atoms with van der Waals surface area (Å²) in [5, 5.41) is 0. The number of methoxy groups -OCH3 is 1. The van der Waals surface area contributed by atoms with Crippen molar-refractivity contribution in [3.8, 4) is 0 Å². The van der Waals surface area contributed by atoms with E-state index in [0.717, 1.165) is 6.42 Å². The van der Waals surface area contributed by atoms with E-state index in [2.05, 4.69) is 12.1 Å². The molecule has 2 aliphatic rings. The van der Waals surface area contributed by atoms with E-state index in [1.807, 2.05) is 12.1 Å². The Balaban J connectivity index is 0.00000280. The Kier molecular flexibility index (Phi) is 7.43. The van der Waals surface area contributed by atoms with Gasteiger partial charge in [0.2, 0.25) is 11.8 Å². The first-order chi connectivity index (χ1) is 12.9. The van der Waals surface area contributed by atoms with Crippen LogP contribution in [0.15, 0.2) is 24.3 Å². The molecule has 2 amide bonds. The monoisotopic (exact) mass is 409 g/mol. The molecule has 0 bridgehead atoms. The second-order valence-electron chi connectivity index (χ2n) is 7.35. The lowest BCUT2D eigenvalue weighted by Gasteiger charge is -2.32. The van der Waals surface area contributed by atoms with Gasteiger partial charge in [0, 0.05) is 12.6 Å². The van der Waals surface area contributed by atoms with E-state index in [1.54, 1.807) is 11.8 Å². The van der Waals surface area contributed by atoms with E-state index in [9.17, 15) is 14.4 Å². The maximum Gasteiger partial charge on any atom is 0.328 e. The molecule has 1 saturated heterocycles. The van der Waals surface area contributed by atoms with E-state index < -0.39 is 18.1 Å². The van der Waals surface area contributed by atoms with Crippen molar-refractivity contribution in [3.63, 3.8) is 0 Å². The van der Waals surface area contributed by atoms with Gasteiger partial charge < -0.3 is 20.3 Å². The van der Waals surface area contributed by atoms with E-state index in [4.69, 9.17) is 10.5 Å². The first-order valence-electron chi connectivity index (χ1n) is 9.42. The zero-order valence-electron chi connectivity index (χ0n) is 16.3. The van der Waals surface area contributed by atoms with E-state index in [0.29, 0.717) is 25.8 Å². The van der Waals surface area contributed by atoms with Crippen molar-refractivity contribution >= 4 is 30.2 Å². The van der Waals surface area contributed by atoms with Crippen molar-refractivity contribution in [3.05, 3.63) is 35.4 Å². The van der Waals surface area contributed by atoms with Crippen molar-refractivity contribution in [2.45, 2.75) is 50.7 Å². The number of likely N-dealkylation sites (tertiary alicyclic amines) is 1. The predicted octanol–water partition coefficient (Wildman–Crippen LogP) is 0.915. The van der Waals surface area contributed by atoms with E-state index in [-0.39, 0.29) is 36.8 Å². The Morgan fingerprint density at radius 1 is 1.25 bits per heavy atom. The zero-order chi connectivity index (χ0) is 19.6. The summed E-state index contributed by atoms with van der Waals surface area (Å²) in [5.74, 6) is -0.873. The Bertz CT molecular complexity index is 715. The van der Waals surface area contributed by atoms with Gasteiger partial charge in [0.1, 0.15) is 12.6 Å². The predicted molar refractivity (Wildman–Crippen MR) is 107 cm³/mol. The van der Waals surface area contributed by atoms with Crippen LogP contribution in [-0.4, -0.2) is 65.9 Å². The van der Waals surface area contributed by atoms with E-state index >= 15 is 0 Å². The summed E-state index contributed by atoms with van der Waals surface area (Å²) in [5.41, 5.74) is 8.25. The van der Waals surface area contributed by atoms with Gasteiger partial charge in [-0.15, -0.1) is 12.4 Å². The molecule has 8 heteroatoms. The lowest BCUT2D eigenvalue weighted by atomic mass is 10.1. The fourth-order valence-electron chi connectivity index (χ4n) is 4.09. The number of nitrogens with zero attached hydrogens (tertiary/aromatic N) is 2. The van der Waals surface area contributed by atoms with Crippen molar-refractivity contribution in [2.75, 3.05) is 20.2 Å². The summed E-state index contributed by atoms with van der Waals surface area (Å²) in [7, 11) is 1.32. The summed E-state index contributed by atoms with van der Waals surface area (Å²) >= 11 is 0. The number of ether oxygens (including phenoxy) is 1. The number of carbonyl (C=O) groups is 3. The van der Waals surface area contributed by atoms with Crippen LogP contribution in [0.2, 0.25) is 0 Å². The maximum atomic E-state index is 12.9. The van der Waals surface area contributed by atoms with Gasteiger partial charge in [0.05, 0.1) is 13.2 Å². The van der Waals surface area contributed by atoms with Crippen molar-refractivity contribution in [2.24, 2.45) is 5.73 Å². The number of halogens is 1. The number of carbonyl (C=O) groups excluding carboxylic acids is 3. The van der Waals surface area contributed by atoms with Gasteiger partial charge in [-0.3, -0.25) is 9.59 Å². The highest BCUT2D eigenvalue weighted by molar-refractivity contribution is 5.90. The number of esters is 1. The molecule has 154 valence electrons. The molecule has 1 aromatic carbocycles. The fourth-order valence-corrected chi connectivity index (χ4v) is 4.09. The van der Waals surface area contributed by atoms with Gasteiger partial charge in [0.25, 0.3) is 0 Å². The number of nitrogens with two attached hydrogens (primary N) is 1. The largest absolute Gasteiger partial charge is 0.467 e. The van der Waals surface area contributed by atoms with Gasteiger partial charge in [0.15, 0.2) is 0 Å². The molecular weight excluding hydrogens is 382 g/mol. The minimum atomic E-state index is -0.684. The molecule has 0 saturated carbocycles. The maximum absolute atomic E-state index is 12.9.